The molecular weight excluding hydrogens is 320 g/mol. The molecule has 128 valence electrons. The van der Waals surface area contributed by atoms with Crippen molar-refractivity contribution in [1.82, 2.24) is 0 Å². The van der Waals surface area contributed by atoms with Crippen molar-refractivity contribution in [3.8, 4) is 0 Å². The van der Waals surface area contributed by atoms with Gasteiger partial charge in [0.2, 0.25) is 0 Å². The van der Waals surface area contributed by atoms with E-state index in [1.807, 2.05) is 25.1 Å². The molecule has 1 aliphatic rings. The zero-order chi connectivity index (χ0) is 17.0. The lowest BCUT2D eigenvalue weighted by atomic mass is 9.90. The molecule has 3 nitrogen and oxygen atoms in total. The summed E-state index contributed by atoms with van der Waals surface area (Å²) >= 11 is 0. The molecule has 1 fully saturated rings. The summed E-state index contributed by atoms with van der Waals surface area (Å²) in [5.41, 5.74) is 2.20. The van der Waals surface area contributed by atoms with Crippen LogP contribution in [-0.2, 0) is 14.3 Å². The zero-order valence-electron chi connectivity index (χ0n) is 14.0. The molecule has 0 amide bonds. The van der Waals surface area contributed by atoms with Crippen LogP contribution in [-0.4, -0.2) is 14.5 Å². The third-order valence-electron chi connectivity index (χ3n) is 4.74. The van der Waals surface area contributed by atoms with Gasteiger partial charge in [0.25, 0.3) is 10.1 Å². The van der Waals surface area contributed by atoms with Crippen LogP contribution in [0.1, 0.15) is 49.1 Å². The quantitative estimate of drug-likeness (QED) is 0.590. The van der Waals surface area contributed by atoms with E-state index in [0.29, 0.717) is 0 Å². The number of aryl methyl sites for hydroxylation is 1. The highest BCUT2D eigenvalue weighted by Gasteiger charge is 2.30. The monoisotopic (exact) mass is 344 g/mol. The van der Waals surface area contributed by atoms with Crippen molar-refractivity contribution < 1.29 is 12.6 Å². The summed E-state index contributed by atoms with van der Waals surface area (Å²) in [5, 5.41) is 0. The molecule has 0 bridgehead atoms. The van der Waals surface area contributed by atoms with Gasteiger partial charge in [0.1, 0.15) is 0 Å². The molecule has 24 heavy (non-hydrogen) atoms. The van der Waals surface area contributed by atoms with Crippen molar-refractivity contribution in [1.29, 1.82) is 0 Å². The highest BCUT2D eigenvalue weighted by Crippen LogP contribution is 2.35. The molecule has 4 heteroatoms. The summed E-state index contributed by atoms with van der Waals surface area (Å²) in [6, 6.07) is 17.0. The van der Waals surface area contributed by atoms with Crippen LogP contribution in [0.5, 0.6) is 0 Å². The third-order valence-corrected chi connectivity index (χ3v) is 6.09. The Morgan fingerprint density at radius 3 is 2.25 bits per heavy atom. The first-order chi connectivity index (χ1) is 11.6. The first-order valence-corrected chi connectivity index (χ1v) is 10.0. The van der Waals surface area contributed by atoms with Gasteiger partial charge in [0, 0.05) is 5.92 Å². The SMILES string of the molecule is Cc1ccc(S(=O)(=O)O[C@@H]2CCCCC[C@H]2c2ccccc2)cc1. The predicted octanol–water partition coefficient (Wildman–Crippen LogP) is 4.82. The summed E-state index contributed by atoms with van der Waals surface area (Å²) < 4.78 is 31.1. The van der Waals surface area contributed by atoms with E-state index >= 15 is 0 Å². The molecule has 0 unspecified atom stereocenters. The van der Waals surface area contributed by atoms with Gasteiger partial charge in [-0.15, -0.1) is 0 Å². The van der Waals surface area contributed by atoms with Crippen molar-refractivity contribution in [3.63, 3.8) is 0 Å². The molecule has 1 saturated carbocycles. The van der Waals surface area contributed by atoms with E-state index < -0.39 is 10.1 Å². The summed E-state index contributed by atoms with van der Waals surface area (Å²) in [5.74, 6) is 0.133. The van der Waals surface area contributed by atoms with E-state index in [-0.39, 0.29) is 16.9 Å². The van der Waals surface area contributed by atoms with E-state index in [1.165, 1.54) is 5.56 Å². The minimum atomic E-state index is -3.73. The first-order valence-electron chi connectivity index (χ1n) is 8.61. The second-order valence-corrected chi connectivity index (χ2v) is 8.13. The predicted molar refractivity (Wildman–Crippen MR) is 95.5 cm³/mol. The maximum absolute atomic E-state index is 12.7. The molecular formula is C20H24O3S. The largest absolute Gasteiger partial charge is 0.297 e. The molecule has 0 aromatic heterocycles. The van der Waals surface area contributed by atoms with Crippen molar-refractivity contribution in [2.45, 2.75) is 55.9 Å². The standard InChI is InChI=1S/C20H24O3S/c1-16-12-14-18(15-13-16)24(21,22)23-20-11-7-3-6-10-19(20)17-8-4-2-5-9-17/h2,4-5,8-9,12-15,19-20H,3,6-7,10-11H2,1H3/t19-,20+/m0/s1. The molecule has 0 spiro atoms. The molecule has 0 saturated heterocycles. The van der Waals surface area contributed by atoms with Gasteiger partial charge in [-0.25, -0.2) is 0 Å². The molecule has 3 rings (SSSR count). The molecule has 1 aliphatic carbocycles. The lowest BCUT2D eigenvalue weighted by Crippen LogP contribution is -2.25. The second-order valence-electron chi connectivity index (χ2n) is 6.56. The van der Waals surface area contributed by atoms with Gasteiger partial charge in [-0.2, -0.15) is 8.42 Å². The van der Waals surface area contributed by atoms with Gasteiger partial charge >= 0.3 is 0 Å². The van der Waals surface area contributed by atoms with Gasteiger partial charge < -0.3 is 0 Å². The van der Waals surface area contributed by atoms with Gasteiger partial charge in [-0.05, 0) is 37.5 Å². The van der Waals surface area contributed by atoms with E-state index in [4.69, 9.17) is 4.18 Å². The molecule has 0 radical (unpaired) electrons. The Morgan fingerprint density at radius 1 is 0.875 bits per heavy atom. The van der Waals surface area contributed by atoms with Crippen LogP contribution in [0.2, 0.25) is 0 Å². The van der Waals surface area contributed by atoms with E-state index in [0.717, 1.165) is 37.7 Å². The lowest BCUT2D eigenvalue weighted by molar-refractivity contribution is 0.168. The van der Waals surface area contributed by atoms with Crippen LogP contribution >= 0.6 is 0 Å². The average Bonchev–Trinajstić information content (AvgIpc) is 2.81. The summed E-state index contributed by atoms with van der Waals surface area (Å²) in [6.07, 6.45) is 4.72. The summed E-state index contributed by atoms with van der Waals surface area (Å²) in [6.45, 7) is 1.94. The average molecular weight is 344 g/mol. The van der Waals surface area contributed by atoms with E-state index in [1.54, 1.807) is 24.3 Å². The van der Waals surface area contributed by atoms with E-state index in [9.17, 15) is 8.42 Å². The normalized spacial score (nSPS) is 22.0. The number of rotatable bonds is 4. The topological polar surface area (TPSA) is 43.4 Å². The molecule has 2 atom stereocenters. The minimum absolute atomic E-state index is 0.133. The van der Waals surface area contributed by atoms with Crippen LogP contribution < -0.4 is 0 Å². The van der Waals surface area contributed by atoms with Gasteiger partial charge in [-0.3, -0.25) is 4.18 Å². The summed E-state index contributed by atoms with van der Waals surface area (Å²) in [7, 11) is -3.73. The highest BCUT2D eigenvalue weighted by atomic mass is 32.2. The maximum Gasteiger partial charge on any atom is 0.297 e. The van der Waals surface area contributed by atoms with Crippen molar-refractivity contribution >= 4 is 10.1 Å². The van der Waals surface area contributed by atoms with Gasteiger partial charge in [0.05, 0.1) is 11.0 Å². The number of hydrogen-bond donors (Lipinski definition) is 0. The lowest BCUT2D eigenvalue weighted by Gasteiger charge is -2.25. The Balaban J connectivity index is 1.85. The molecule has 2 aromatic carbocycles. The number of hydrogen-bond acceptors (Lipinski definition) is 3. The van der Waals surface area contributed by atoms with Gasteiger partial charge in [-0.1, -0.05) is 67.3 Å². The van der Waals surface area contributed by atoms with Crippen LogP contribution in [0.3, 0.4) is 0 Å². The molecule has 2 aromatic rings. The maximum atomic E-state index is 12.7. The Bertz CT molecular complexity index is 751. The highest BCUT2D eigenvalue weighted by molar-refractivity contribution is 7.86. The Morgan fingerprint density at radius 2 is 1.54 bits per heavy atom. The van der Waals surface area contributed by atoms with Crippen molar-refractivity contribution in [2.75, 3.05) is 0 Å². The fourth-order valence-electron chi connectivity index (χ4n) is 3.39. The number of benzene rings is 2. The van der Waals surface area contributed by atoms with Crippen LogP contribution in [0.4, 0.5) is 0 Å². The molecule has 0 heterocycles. The van der Waals surface area contributed by atoms with Gasteiger partial charge in [0.15, 0.2) is 0 Å². The minimum Gasteiger partial charge on any atom is -0.262 e. The van der Waals surface area contributed by atoms with Crippen LogP contribution in [0, 0.1) is 6.92 Å². The Kier molecular flexibility index (Phi) is 5.36. The second kappa shape index (κ2) is 7.49. The Labute approximate surface area is 144 Å². The molecule has 0 aliphatic heterocycles. The van der Waals surface area contributed by atoms with Crippen molar-refractivity contribution in [2.24, 2.45) is 0 Å². The molecule has 0 N–H and O–H groups in total. The third kappa shape index (κ3) is 4.05. The fourth-order valence-corrected chi connectivity index (χ4v) is 4.53. The summed E-state index contributed by atoms with van der Waals surface area (Å²) in [4.78, 5) is 0.240. The van der Waals surface area contributed by atoms with Crippen LogP contribution in [0.25, 0.3) is 0 Å². The van der Waals surface area contributed by atoms with E-state index in [2.05, 4.69) is 12.1 Å². The fraction of sp³-hybridized carbons (Fsp3) is 0.400. The van der Waals surface area contributed by atoms with Crippen molar-refractivity contribution in [3.05, 3.63) is 65.7 Å². The first kappa shape index (κ1) is 17.2. The van der Waals surface area contributed by atoms with Crippen LogP contribution in [0.15, 0.2) is 59.5 Å². The smallest absolute Gasteiger partial charge is 0.262 e. The Hall–Kier alpha value is -1.65. The zero-order valence-corrected chi connectivity index (χ0v) is 14.8.